The normalized spacial score (nSPS) is 26.4. The Labute approximate surface area is 120 Å². The van der Waals surface area contributed by atoms with E-state index in [1.807, 2.05) is 12.1 Å². The Hall–Kier alpha value is -1.42. The summed E-state index contributed by atoms with van der Waals surface area (Å²) in [4.78, 5) is 10.7. The van der Waals surface area contributed by atoms with Crippen LogP contribution < -0.4 is 0 Å². The van der Waals surface area contributed by atoms with E-state index in [2.05, 4.69) is 6.92 Å². The van der Waals surface area contributed by atoms with Crippen LogP contribution in [0.4, 0.5) is 5.69 Å². The highest BCUT2D eigenvalue weighted by molar-refractivity contribution is 5.39. The highest BCUT2D eigenvalue weighted by atomic mass is 16.6. The summed E-state index contributed by atoms with van der Waals surface area (Å²) in [6, 6.07) is 6.92. The van der Waals surface area contributed by atoms with Gasteiger partial charge in [-0.1, -0.05) is 31.5 Å². The summed E-state index contributed by atoms with van der Waals surface area (Å²) >= 11 is 0. The molecule has 1 aromatic carbocycles. The average molecular weight is 277 g/mol. The summed E-state index contributed by atoms with van der Waals surface area (Å²) < 4.78 is 0. The summed E-state index contributed by atoms with van der Waals surface area (Å²) in [6.45, 7) is 2.20. The number of nitro groups is 1. The lowest BCUT2D eigenvalue weighted by Gasteiger charge is -2.33. The van der Waals surface area contributed by atoms with Gasteiger partial charge in [-0.2, -0.15) is 0 Å². The lowest BCUT2D eigenvalue weighted by atomic mass is 9.76. The number of rotatable bonds is 5. The minimum absolute atomic E-state index is 0.199. The molecule has 4 heteroatoms. The molecule has 1 N–H and O–H groups in total. The molecule has 4 nitrogen and oxygen atoms in total. The summed E-state index contributed by atoms with van der Waals surface area (Å²) in [7, 11) is 0. The summed E-state index contributed by atoms with van der Waals surface area (Å²) in [5, 5.41) is 21.1. The van der Waals surface area contributed by atoms with Crippen LogP contribution in [0.5, 0.6) is 0 Å². The number of hydrogen-bond acceptors (Lipinski definition) is 3. The first kappa shape index (κ1) is 15.0. The molecule has 0 amide bonds. The fraction of sp³-hybridized carbons (Fsp3) is 0.625. The Morgan fingerprint density at radius 3 is 2.80 bits per heavy atom. The van der Waals surface area contributed by atoms with Gasteiger partial charge < -0.3 is 5.11 Å². The molecule has 0 aromatic heterocycles. The van der Waals surface area contributed by atoms with Gasteiger partial charge in [0.2, 0.25) is 0 Å². The predicted octanol–water partition coefficient (Wildman–Crippen LogP) is 3.71. The maximum Gasteiger partial charge on any atom is 0.272 e. The van der Waals surface area contributed by atoms with Gasteiger partial charge in [-0.25, -0.2) is 0 Å². The van der Waals surface area contributed by atoms with Gasteiger partial charge in [0, 0.05) is 11.6 Å². The number of aryl methyl sites for hydroxylation is 1. The Bertz CT molecular complexity index is 461. The zero-order chi connectivity index (χ0) is 14.5. The average Bonchev–Trinajstić information content (AvgIpc) is 2.46. The van der Waals surface area contributed by atoms with Gasteiger partial charge in [0.25, 0.3) is 5.69 Å². The molecule has 0 spiro atoms. The van der Waals surface area contributed by atoms with Crippen LogP contribution in [0.15, 0.2) is 24.3 Å². The second kappa shape index (κ2) is 6.84. The van der Waals surface area contributed by atoms with Crippen LogP contribution in [0.1, 0.15) is 44.6 Å². The van der Waals surface area contributed by atoms with Crippen LogP contribution >= 0.6 is 0 Å². The molecule has 110 valence electrons. The highest BCUT2D eigenvalue weighted by Gasteiger charge is 2.28. The van der Waals surface area contributed by atoms with Gasteiger partial charge in [-0.3, -0.25) is 10.1 Å². The number of aliphatic hydroxyl groups excluding tert-OH is 1. The molecule has 0 heterocycles. The summed E-state index contributed by atoms with van der Waals surface area (Å²) in [5.41, 5.74) is 0.980. The van der Waals surface area contributed by atoms with E-state index in [1.54, 1.807) is 12.1 Å². The molecule has 0 bridgehead atoms. The summed E-state index contributed by atoms with van der Waals surface area (Å²) in [5.74, 6) is 0.989. The van der Waals surface area contributed by atoms with Gasteiger partial charge in [0.1, 0.15) is 0 Å². The van der Waals surface area contributed by atoms with Crippen molar-refractivity contribution in [3.05, 3.63) is 39.9 Å². The molecule has 1 saturated carbocycles. The molecule has 1 aliphatic carbocycles. The molecule has 0 saturated heterocycles. The molecule has 20 heavy (non-hydrogen) atoms. The Balaban J connectivity index is 1.99. The van der Waals surface area contributed by atoms with Crippen LogP contribution in [0.3, 0.4) is 0 Å². The van der Waals surface area contributed by atoms with E-state index in [9.17, 15) is 15.2 Å². The van der Waals surface area contributed by atoms with Gasteiger partial charge in [-0.05, 0) is 43.9 Å². The van der Waals surface area contributed by atoms with E-state index in [-0.39, 0.29) is 22.6 Å². The zero-order valence-electron chi connectivity index (χ0n) is 12.0. The number of para-hydroxylation sites is 1. The molecule has 1 aromatic rings. The third kappa shape index (κ3) is 3.57. The molecule has 0 aliphatic heterocycles. The van der Waals surface area contributed by atoms with Crippen LogP contribution in [0, 0.1) is 22.0 Å². The van der Waals surface area contributed by atoms with Crippen molar-refractivity contribution in [2.45, 2.75) is 51.6 Å². The third-order valence-electron chi connectivity index (χ3n) is 4.60. The molecular formula is C16H23NO3. The van der Waals surface area contributed by atoms with Crippen molar-refractivity contribution in [1.82, 2.24) is 0 Å². The molecule has 2 rings (SSSR count). The van der Waals surface area contributed by atoms with Crippen molar-refractivity contribution >= 4 is 5.69 Å². The number of benzene rings is 1. The fourth-order valence-electron chi connectivity index (χ4n) is 3.27. The summed E-state index contributed by atoms with van der Waals surface area (Å²) in [6.07, 6.45) is 5.48. The lowest BCUT2D eigenvalue weighted by molar-refractivity contribution is -0.385. The van der Waals surface area contributed by atoms with Crippen LogP contribution in [-0.4, -0.2) is 16.1 Å². The zero-order valence-corrected chi connectivity index (χ0v) is 12.0. The maximum atomic E-state index is 11.0. The van der Waals surface area contributed by atoms with Gasteiger partial charge in [0.05, 0.1) is 11.0 Å². The smallest absolute Gasteiger partial charge is 0.272 e. The van der Waals surface area contributed by atoms with Crippen LogP contribution in [-0.2, 0) is 6.42 Å². The van der Waals surface area contributed by atoms with Crippen molar-refractivity contribution in [3.63, 3.8) is 0 Å². The number of aliphatic hydroxyl groups is 1. The predicted molar refractivity (Wildman–Crippen MR) is 78.5 cm³/mol. The maximum absolute atomic E-state index is 11.0. The first-order chi connectivity index (χ1) is 9.61. The second-order valence-electron chi connectivity index (χ2n) is 5.84. The molecule has 1 fully saturated rings. The Kier molecular flexibility index (Phi) is 5.12. The molecule has 1 aliphatic rings. The first-order valence-corrected chi connectivity index (χ1v) is 7.52. The minimum atomic E-state index is -0.318. The number of nitro benzene ring substituents is 1. The van der Waals surface area contributed by atoms with E-state index in [0.29, 0.717) is 12.3 Å². The van der Waals surface area contributed by atoms with E-state index >= 15 is 0 Å². The second-order valence-corrected chi connectivity index (χ2v) is 5.84. The van der Waals surface area contributed by atoms with E-state index in [1.165, 1.54) is 0 Å². The Morgan fingerprint density at radius 2 is 2.10 bits per heavy atom. The number of hydrogen-bond donors (Lipinski definition) is 1. The van der Waals surface area contributed by atoms with Gasteiger partial charge in [-0.15, -0.1) is 0 Å². The van der Waals surface area contributed by atoms with Crippen molar-refractivity contribution < 1.29 is 10.0 Å². The molecule has 0 radical (unpaired) electrons. The quantitative estimate of drug-likeness (QED) is 0.659. The SMILES string of the molecule is CCC1CCC(O)C(CCc2ccccc2[N+](=O)[O-])C1. The van der Waals surface area contributed by atoms with Gasteiger partial charge in [0.15, 0.2) is 0 Å². The lowest BCUT2D eigenvalue weighted by Crippen LogP contribution is -2.29. The Morgan fingerprint density at radius 1 is 1.35 bits per heavy atom. The minimum Gasteiger partial charge on any atom is -0.393 e. The monoisotopic (exact) mass is 277 g/mol. The van der Waals surface area contributed by atoms with E-state index < -0.39 is 0 Å². The van der Waals surface area contributed by atoms with Crippen LogP contribution in [0.2, 0.25) is 0 Å². The largest absolute Gasteiger partial charge is 0.393 e. The molecule has 3 atom stereocenters. The number of nitrogens with zero attached hydrogens (tertiary/aromatic N) is 1. The first-order valence-electron chi connectivity index (χ1n) is 7.52. The highest BCUT2D eigenvalue weighted by Crippen LogP contribution is 2.34. The van der Waals surface area contributed by atoms with E-state index in [4.69, 9.17) is 0 Å². The molecule has 3 unspecified atom stereocenters. The van der Waals surface area contributed by atoms with Gasteiger partial charge >= 0.3 is 0 Å². The topological polar surface area (TPSA) is 63.4 Å². The van der Waals surface area contributed by atoms with Crippen LogP contribution in [0.25, 0.3) is 0 Å². The van der Waals surface area contributed by atoms with Crippen molar-refractivity contribution in [3.8, 4) is 0 Å². The van der Waals surface area contributed by atoms with Crippen molar-refractivity contribution in [2.24, 2.45) is 11.8 Å². The standard InChI is InChI=1S/C16H23NO3/c1-2-12-7-10-16(18)14(11-12)9-8-13-5-3-4-6-15(13)17(19)20/h3-6,12,14,16,18H,2,7-11H2,1H3. The third-order valence-corrected chi connectivity index (χ3v) is 4.60. The van der Waals surface area contributed by atoms with Crippen molar-refractivity contribution in [2.75, 3.05) is 0 Å². The fourth-order valence-corrected chi connectivity index (χ4v) is 3.27. The van der Waals surface area contributed by atoms with E-state index in [0.717, 1.165) is 37.7 Å². The molecular weight excluding hydrogens is 254 g/mol. The van der Waals surface area contributed by atoms with Crippen molar-refractivity contribution in [1.29, 1.82) is 0 Å².